The number of aromatic nitrogens is 1. The number of carbonyl (C=O) groups excluding carboxylic acids is 1. The Kier molecular flexibility index (Phi) is 6.04. The summed E-state index contributed by atoms with van der Waals surface area (Å²) >= 11 is 6.41. The van der Waals surface area contributed by atoms with Gasteiger partial charge in [-0.05, 0) is 38.2 Å². The van der Waals surface area contributed by atoms with Gasteiger partial charge < -0.3 is 9.80 Å². The van der Waals surface area contributed by atoms with E-state index in [-0.39, 0.29) is 11.9 Å². The van der Waals surface area contributed by atoms with Crippen molar-refractivity contribution in [1.82, 2.24) is 14.6 Å². The van der Waals surface area contributed by atoms with E-state index < -0.39 is 10.0 Å². The second kappa shape index (κ2) is 8.10. The number of rotatable bonds is 4. The molecule has 0 bridgehead atoms. The zero-order valence-corrected chi connectivity index (χ0v) is 16.5. The molecule has 2 saturated heterocycles. The highest BCUT2D eigenvalue weighted by Crippen LogP contribution is 2.27. The molecule has 0 radical (unpaired) electrons. The number of likely N-dealkylation sites (tertiary alicyclic amines) is 1. The summed E-state index contributed by atoms with van der Waals surface area (Å²) in [5.41, 5.74) is 0.503. The van der Waals surface area contributed by atoms with E-state index in [4.69, 9.17) is 11.6 Å². The number of nitrogens with one attached hydrogen (secondary N) is 1. The Hall–Kier alpha value is -1.38. The predicted octanol–water partition coefficient (Wildman–Crippen LogP) is 1.88. The lowest BCUT2D eigenvalue weighted by Gasteiger charge is -2.34. The van der Waals surface area contributed by atoms with Gasteiger partial charge in [-0.1, -0.05) is 11.6 Å². The maximum atomic E-state index is 12.6. The first kappa shape index (κ1) is 19.4. The number of pyridine rings is 1. The minimum absolute atomic E-state index is 0.0269. The van der Waals surface area contributed by atoms with Crippen LogP contribution in [-0.4, -0.2) is 62.7 Å². The van der Waals surface area contributed by atoms with Crippen molar-refractivity contribution in [3.8, 4) is 0 Å². The molecule has 0 spiro atoms. The molecule has 1 atom stereocenters. The van der Waals surface area contributed by atoms with E-state index in [1.807, 2.05) is 9.80 Å². The standard InChI is InChI=1S/C17H25ClN4O3S/c1-26(24,25)20-14-6-5-9-22(12-14)16-15(18)10-13(11-19-16)17(23)21-7-3-2-4-8-21/h10-11,14,20H,2-9,12H2,1H3. The molecule has 7 nitrogen and oxygen atoms in total. The van der Waals surface area contributed by atoms with Crippen LogP contribution in [-0.2, 0) is 10.0 Å². The van der Waals surface area contributed by atoms with E-state index in [1.54, 1.807) is 12.3 Å². The highest BCUT2D eigenvalue weighted by molar-refractivity contribution is 7.88. The number of piperidine rings is 2. The van der Waals surface area contributed by atoms with E-state index in [9.17, 15) is 13.2 Å². The predicted molar refractivity (Wildman–Crippen MR) is 102 cm³/mol. The van der Waals surface area contributed by atoms with Gasteiger partial charge in [0.25, 0.3) is 5.91 Å². The van der Waals surface area contributed by atoms with E-state index >= 15 is 0 Å². The third-order valence-electron chi connectivity index (χ3n) is 4.81. The molecule has 0 saturated carbocycles. The van der Waals surface area contributed by atoms with E-state index in [2.05, 4.69) is 9.71 Å². The Bertz CT molecular complexity index is 765. The van der Waals surface area contributed by atoms with Gasteiger partial charge in [0.15, 0.2) is 0 Å². The van der Waals surface area contributed by atoms with Crippen molar-refractivity contribution >= 4 is 33.3 Å². The van der Waals surface area contributed by atoms with Crippen molar-refractivity contribution in [2.75, 3.05) is 37.3 Å². The van der Waals surface area contributed by atoms with Crippen LogP contribution >= 0.6 is 11.6 Å². The fourth-order valence-corrected chi connectivity index (χ4v) is 4.71. The van der Waals surface area contributed by atoms with Gasteiger partial charge in [-0.15, -0.1) is 0 Å². The molecule has 3 rings (SSSR count). The second-order valence-corrected chi connectivity index (χ2v) is 9.24. The van der Waals surface area contributed by atoms with Gasteiger partial charge in [-0.25, -0.2) is 18.1 Å². The summed E-state index contributed by atoms with van der Waals surface area (Å²) < 4.78 is 25.6. The monoisotopic (exact) mass is 400 g/mol. The van der Waals surface area contributed by atoms with Crippen LogP contribution < -0.4 is 9.62 Å². The third kappa shape index (κ3) is 4.86. The Labute approximate surface area is 159 Å². The van der Waals surface area contributed by atoms with Crippen molar-refractivity contribution < 1.29 is 13.2 Å². The highest BCUT2D eigenvalue weighted by Gasteiger charge is 2.26. The first-order valence-corrected chi connectivity index (χ1v) is 11.3. The number of carbonyl (C=O) groups is 1. The number of nitrogens with zero attached hydrogens (tertiary/aromatic N) is 3. The molecular formula is C17H25ClN4O3S. The molecule has 1 aromatic heterocycles. The summed E-state index contributed by atoms with van der Waals surface area (Å²) in [6.07, 6.45) is 7.61. The summed E-state index contributed by atoms with van der Waals surface area (Å²) in [4.78, 5) is 20.8. The van der Waals surface area contributed by atoms with Gasteiger partial charge in [-0.2, -0.15) is 0 Å². The molecule has 2 aliphatic rings. The fourth-order valence-electron chi connectivity index (χ4n) is 3.63. The smallest absolute Gasteiger partial charge is 0.255 e. The lowest BCUT2D eigenvalue weighted by Crippen LogP contribution is -2.47. The largest absolute Gasteiger partial charge is 0.354 e. The zero-order chi connectivity index (χ0) is 18.7. The topological polar surface area (TPSA) is 82.6 Å². The van der Waals surface area contributed by atoms with E-state index in [0.29, 0.717) is 22.9 Å². The molecular weight excluding hydrogens is 376 g/mol. The van der Waals surface area contributed by atoms with Gasteiger partial charge in [0, 0.05) is 38.4 Å². The molecule has 0 aliphatic carbocycles. The zero-order valence-electron chi connectivity index (χ0n) is 14.9. The summed E-state index contributed by atoms with van der Waals surface area (Å²) in [5.74, 6) is 0.572. The van der Waals surface area contributed by atoms with Gasteiger partial charge in [0.1, 0.15) is 5.82 Å². The van der Waals surface area contributed by atoms with Crippen LogP contribution in [0.25, 0.3) is 0 Å². The summed E-state index contributed by atoms with van der Waals surface area (Å²) in [5, 5.41) is 0.424. The van der Waals surface area contributed by atoms with Crippen molar-refractivity contribution in [2.24, 2.45) is 0 Å². The van der Waals surface area contributed by atoms with Gasteiger partial charge in [0.2, 0.25) is 10.0 Å². The Balaban J connectivity index is 1.71. The van der Waals surface area contributed by atoms with Crippen LogP contribution in [0.1, 0.15) is 42.5 Å². The molecule has 1 unspecified atom stereocenters. The second-order valence-electron chi connectivity index (χ2n) is 7.06. The Morgan fingerprint density at radius 1 is 1.23 bits per heavy atom. The van der Waals surface area contributed by atoms with Gasteiger partial charge in [-0.3, -0.25) is 4.79 Å². The molecule has 1 amide bonds. The van der Waals surface area contributed by atoms with Gasteiger partial charge in [0.05, 0.1) is 16.8 Å². The third-order valence-corrected chi connectivity index (χ3v) is 5.85. The van der Waals surface area contributed by atoms with Crippen molar-refractivity contribution in [3.63, 3.8) is 0 Å². The van der Waals surface area contributed by atoms with Crippen LogP contribution in [0.5, 0.6) is 0 Å². The summed E-state index contributed by atoms with van der Waals surface area (Å²) in [6.45, 7) is 2.83. The molecule has 0 aromatic carbocycles. The van der Waals surface area contributed by atoms with E-state index in [1.165, 1.54) is 6.42 Å². The summed E-state index contributed by atoms with van der Waals surface area (Å²) in [6, 6.07) is 1.51. The Morgan fingerprint density at radius 2 is 1.96 bits per heavy atom. The Morgan fingerprint density at radius 3 is 2.62 bits per heavy atom. The fraction of sp³-hybridized carbons (Fsp3) is 0.647. The molecule has 3 heterocycles. The molecule has 9 heteroatoms. The molecule has 1 aromatic rings. The average molecular weight is 401 g/mol. The molecule has 1 N–H and O–H groups in total. The lowest BCUT2D eigenvalue weighted by molar-refractivity contribution is 0.0724. The molecule has 144 valence electrons. The van der Waals surface area contributed by atoms with E-state index in [0.717, 1.165) is 51.6 Å². The van der Waals surface area contributed by atoms with Crippen LogP contribution in [0.4, 0.5) is 5.82 Å². The number of anilines is 1. The number of hydrogen-bond donors (Lipinski definition) is 1. The number of sulfonamides is 1. The van der Waals surface area contributed by atoms with Crippen LogP contribution in [0.2, 0.25) is 5.02 Å². The molecule has 26 heavy (non-hydrogen) atoms. The average Bonchev–Trinajstić information content (AvgIpc) is 2.60. The first-order valence-electron chi connectivity index (χ1n) is 9.00. The quantitative estimate of drug-likeness (QED) is 0.834. The van der Waals surface area contributed by atoms with Gasteiger partial charge >= 0.3 is 0 Å². The van der Waals surface area contributed by atoms with Crippen LogP contribution in [0.3, 0.4) is 0 Å². The number of halogens is 1. The molecule has 2 fully saturated rings. The van der Waals surface area contributed by atoms with Crippen molar-refractivity contribution in [2.45, 2.75) is 38.1 Å². The van der Waals surface area contributed by atoms with Crippen molar-refractivity contribution in [1.29, 1.82) is 0 Å². The maximum Gasteiger partial charge on any atom is 0.255 e. The SMILES string of the molecule is CS(=O)(=O)NC1CCCN(c2ncc(C(=O)N3CCCCC3)cc2Cl)C1. The van der Waals surface area contributed by atoms with Crippen LogP contribution in [0.15, 0.2) is 12.3 Å². The highest BCUT2D eigenvalue weighted by atomic mass is 35.5. The van der Waals surface area contributed by atoms with Crippen LogP contribution in [0, 0.1) is 0 Å². The molecule has 2 aliphatic heterocycles. The summed E-state index contributed by atoms with van der Waals surface area (Å²) in [7, 11) is -3.25. The minimum atomic E-state index is -3.25. The number of hydrogen-bond acceptors (Lipinski definition) is 5. The lowest BCUT2D eigenvalue weighted by atomic mass is 10.1. The number of amides is 1. The first-order chi connectivity index (χ1) is 12.3. The normalized spacial score (nSPS) is 21.7. The van der Waals surface area contributed by atoms with Crippen molar-refractivity contribution in [3.05, 3.63) is 22.8 Å². The maximum absolute atomic E-state index is 12.6. The minimum Gasteiger partial charge on any atom is -0.354 e.